The van der Waals surface area contributed by atoms with E-state index >= 15 is 0 Å². The van der Waals surface area contributed by atoms with Gasteiger partial charge >= 0.3 is 5.97 Å². The summed E-state index contributed by atoms with van der Waals surface area (Å²) in [5.41, 5.74) is -1.41. The van der Waals surface area contributed by atoms with Crippen molar-refractivity contribution in [2.24, 2.45) is 51.8 Å². The maximum atomic E-state index is 14.1. The van der Waals surface area contributed by atoms with Crippen molar-refractivity contribution in [3.63, 3.8) is 0 Å². The number of allylic oxidation sites excluding steroid dienone is 1. The number of ether oxygens (including phenoxy) is 1. The number of rotatable bonds is 10. The number of aldehydes is 1. The Morgan fingerprint density at radius 2 is 1.80 bits per heavy atom. The van der Waals surface area contributed by atoms with Crippen molar-refractivity contribution in [3.8, 4) is 0 Å². The fourth-order valence-corrected chi connectivity index (χ4v) is 13.1. The Kier molecular flexibility index (Phi) is 8.86. The molecule has 6 nitrogen and oxygen atoms in total. The van der Waals surface area contributed by atoms with E-state index in [1.807, 2.05) is 0 Å². The molecule has 0 aromatic rings. The molecule has 7 rings (SSSR count). The van der Waals surface area contributed by atoms with Gasteiger partial charge in [0.2, 0.25) is 0 Å². The molecular formula is C39H62N2O4. The van der Waals surface area contributed by atoms with Gasteiger partial charge in [-0.1, -0.05) is 71.4 Å². The molecule has 45 heavy (non-hydrogen) atoms. The van der Waals surface area contributed by atoms with Gasteiger partial charge in [0.05, 0.1) is 17.6 Å². The lowest BCUT2D eigenvalue weighted by molar-refractivity contribution is -0.197. The van der Waals surface area contributed by atoms with Crippen molar-refractivity contribution in [2.75, 3.05) is 32.7 Å². The van der Waals surface area contributed by atoms with Crippen LogP contribution >= 0.6 is 0 Å². The van der Waals surface area contributed by atoms with Gasteiger partial charge in [0, 0.05) is 18.0 Å². The van der Waals surface area contributed by atoms with E-state index in [4.69, 9.17) is 4.74 Å². The van der Waals surface area contributed by atoms with Crippen LogP contribution in [0.4, 0.5) is 0 Å². The molecule has 0 amide bonds. The summed E-state index contributed by atoms with van der Waals surface area (Å²) in [6, 6.07) is 0.733. The summed E-state index contributed by atoms with van der Waals surface area (Å²) >= 11 is 0. The molecule has 3 saturated heterocycles. The highest BCUT2D eigenvalue weighted by Gasteiger charge is 2.86. The average Bonchev–Trinajstić information content (AvgIpc) is 3.66. The normalized spacial score (nSPS) is 45.5. The molecule has 0 spiro atoms. The second kappa shape index (κ2) is 12.3. The van der Waals surface area contributed by atoms with Crippen molar-refractivity contribution in [1.82, 2.24) is 9.80 Å². The van der Waals surface area contributed by atoms with Crippen LogP contribution in [-0.4, -0.2) is 78.1 Å². The maximum absolute atomic E-state index is 14.1. The SMILES string of the molecule is CCCCC1CC(C23C[C@@H]4[C@H](C)CC[C@H]4C4(C=O)CC2C=C(C(C)C)C34C(=O)O)OC1CN1CCC(N2CCCCCC2)CC1. The second-order valence-corrected chi connectivity index (χ2v) is 17.2. The number of piperidine rings is 1. The summed E-state index contributed by atoms with van der Waals surface area (Å²) in [6.07, 6.45) is 19.8. The van der Waals surface area contributed by atoms with Gasteiger partial charge in [-0.05, 0) is 119 Å². The van der Waals surface area contributed by atoms with Crippen LogP contribution in [-0.2, 0) is 14.3 Å². The van der Waals surface area contributed by atoms with Crippen LogP contribution in [0.25, 0.3) is 0 Å². The Bertz CT molecular complexity index is 1140. The van der Waals surface area contributed by atoms with Crippen molar-refractivity contribution in [2.45, 2.75) is 136 Å². The minimum Gasteiger partial charge on any atom is -0.481 e. The van der Waals surface area contributed by atoms with Crippen LogP contribution in [0, 0.1) is 51.8 Å². The van der Waals surface area contributed by atoms with Crippen molar-refractivity contribution >= 4 is 12.3 Å². The van der Waals surface area contributed by atoms with E-state index in [9.17, 15) is 14.7 Å². The van der Waals surface area contributed by atoms with E-state index in [-0.39, 0.29) is 30.0 Å². The lowest BCUT2D eigenvalue weighted by Gasteiger charge is -2.60. The van der Waals surface area contributed by atoms with Gasteiger partial charge in [0.1, 0.15) is 11.7 Å². The molecule has 4 bridgehead atoms. The number of carboxylic acid groups (broad SMARTS) is 1. The molecule has 0 radical (unpaired) electrons. The standard InChI is InChI=1S/C39H62N2O4/c1-5-6-11-28-20-35(45-34(28)24-40-18-14-30(15-19-40)41-16-9-7-8-10-17-41)38-23-31-27(4)12-13-32(31)37(25-42)22-29(38)21-33(26(2)3)39(37,38)36(43)44/h21,25-32,34-35H,5-20,22-24H2,1-4H3,(H,43,44)/t27-,28?,29?,31-,32-,34?,35?,37?,38?,39?/m1/s1. The summed E-state index contributed by atoms with van der Waals surface area (Å²) in [4.78, 5) is 33.1. The number of likely N-dealkylation sites (tertiary alicyclic amines) is 2. The van der Waals surface area contributed by atoms with Gasteiger partial charge in [-0.2, -0.15) is 0 Å². The predicted octanol–water partition coefficient (Wildman–Crippen LogP) is 7.22. The predicted molar refractivity (Wildman–Crippen MR) is 178 cm³/mol. The molecule has 1 N–H and O–H groups in total. The molecule has 3 aliphatic heterocycles. The molecule has 4 aliphatic carbocycles. The molecule has 7 unspecified atom stereocenters. The molecule has 0 aromatic carbocycles. The zero-order valence-electron chi connectivity index (χ0n) is 28.9. The highest BCUT2D eigenvalue weighted by Crippen LogP contribution is 2.84. The minimum atomic E-state index is -1.13. The monoisotopic (exact) mass is 622 g/mol. The van der Waals surface area contributed by atoms with Gasteiger partial charge in [0.15, 0.2) is 0 Å². The number of carboxylic acids is 1. The Hall–Kier alpha value is -1.24. The van der Waals surface area contributed by atoms with Crippen LogP contribution in [0.3, 0.4) is 0 Å². The largest absolute Gasteiger partial charge is 0.481 e. The van der Waals surface area contributed by atoms with Gasteiger partial charge in [0.25, 0.3) is 0 Å². The Morgan fingerprint density at radius 3 is 2.44 bits per heavy atom. The number of aliphatic carboxylic acids is 1. The molecule has 3 saturated carbocycles. The number of hydrogen-bond donors (Lipinski definition) is 1. The summed E-state index contributed by atoms with van der Waals surface area (Å²) in [5, 5.41) is 11.5. The smallest absolute Gasteiger partial charge is 0.315 e. The highest BCUT2D eigenvalue weighted by molar-refractivity contribution is 5.90. The van der Waals surface area contributed by atoms with Crippen LogP contribution in [0.2, 0.25) is 0 Å². The van der Waals surface area contributed by atoms with Gasteiger partial charge < -0.3 is 24.4 Å². The van der Waals surface area contributed by atoms with E-state index in [2.05, 4.69) is 43.6 Å². The van der Waals surface area contributed by atoms with Gasteiger partial charge in [-0.15, -0.1) is 0 Å². The first-order valence-electron chi connectivity index (χ1n) is 19.3. The summed E-state index contributed by atoms with van der Waals surface area (Å²) in [6.45, 7) is 14.8. The molecule has 10 atom stereocenters. The highest BCUT2D eigenvalue weighted by atomic mass is 16.5. The molecule has 7 aliphatic rings. The molecule has 252 valence electrons. The van der Waals surface area contributed by atoms with Gasteiger partial charge in [-0.25, -0.2) is 0 Å². The van der Waals surface area contributed by atoms with E-state index in [1.165, 1.54) is 70.7 Å². The number of fused-ring (bicyclic) bond motifs is 2. The zero-order chi connectivity index (χ0) is 31.6. The van der Waals surface area contributed by atoms with Crippen LogP contribution in [0.1, 0.15) is 118 Å². The van der Waals surface area contributed by atoms with Crippen LogP contribution in [0.15, 0.2) is 11.6 Å². The summed E-state index contributed by atoms with van der Waals surface area (Å²) in [5.74, 6) is 1.10. The van der Waals surface area contributed by atoms with Gasteiger partial charge in [-0.3, -0.25) is 4.79 Å². The number of carbonyl (C=O) groups is 2. The average molecular weight is 623 g/mol. The lowest BCUT2D eigenvalue weighted by Crippen LogP contribution is -2.65. The number of nitrogens with zero attached hydrogens (tertiary/aromatic N) is 2. The zero-order valence-corrected chi connectivity index (χ0v) is 28.9. The molecule has 0 aromatic heterocycles. The summed E-state index contributed by atoms with van der Waals surface area (Å²) in [7, 11) is 0. The number of hydrogen-bond acceptors (Lipinski definition) is 5. The lowest BCUT2D eigenvalue weighted by atomic mass is 9.41. The van der Waals surface area contributed by atoms with Crippen molar-refractivity contribution < 1.29 is 19.4 Å². The van der Waals surface area contributed by atoms with E-state index in [1.54, 1.807) is 0 Å². The topological polar surface area (TPSA) is 70.1 Å². The second-order valence-electron chi connectivity index (χ2n) is 17.2. The fraction of sp³-hybridized carbons (Fsp3) is 0.897. The minimum absolute atomic E-state index is 0.0943. The third-order valence-corrected chi connectivity index (χ3v) is 15.0. The van der Waals surface area contributed by atoms with Crippen molar-refractivity contribution in [1.29, 1.82) is 0 Å². The van der Waals surface area contributed by atoms with Crippen LogP contribution < -0.4 is 0 Å². The van der Waals surface area contributed by atoms with E-state index < -0.39 is 22.2 Å². The Labute approximate surface area is 273 Å². The summed E-state index contributed by atoms with van der Waals surface area (Å²) < 4.78 is 7.39. The first-order chi connectivity index (χ1) is 21.7. The molecular weight excluding hydrogens is 560 g/mol. The Balaban J connectivity index is 1.17. The maximum Gasteiger partial charge on any atom is 0.315 e. The molecule has 6 fully saturated rings. The third kappa shape index (κ3) is 4.64. The first-order valence-corrected chi connectivity index (χ1v) is 19.3. The quantitative estimate of drug-likeness (QED) is 0.205. The van der Waals surface area contributed by atoms with E-state index in [0.717, 1.165) is 63.4 Å². The van der Waals surface area contributed by atoms with Crippen molar-refractivity contribution in [3.05, 3.63) is 11.6 Å². The number of unbranched alkanes of at least 4 members (excludes halogenated alkanes) is 1. The molecule has 3 heterocycles. The molecule has 6 heteroatoms. The van der Waals surface area contributed by atoms with Crippen LogP contribution in [0.5, 0.6) is 0 Å². The first kappa shape index (κ1) is 32.3. The third-order valence-electron chi connectivity index (χ3n) is 15.0. The van der Waals surface area contributed by atoms with E-state index in [0.29, 0.717) is 24.2 Å². The number of carbonyl (C=O) groups excluding carboxylic acids is 1. The fourth-order valence-electron chi connectivity index (χ4n) is 13.1. The Morgan fingerprint density at radius 1 is 1.07 bits per heavy atom.